The average Bonchev–Trinajstić information content (AvgIpc) is 3.03. The topological polar surface area (TPSA) is 79.1 Å². The summed E-state index contributed by atoms with van der Waals surface area (Å²) >= 11 is 0. The predicted octanol–water partition coefficient (Wildman–Crippen LogP) is 1.61. The van der Waals surface area contributed by atoms with Gasteiger partial charge in [-0.15, -0.1) is 0 Å². The Morgan fingerprint density at radius 1 is 1.35 bits per heavy atom. The first-order chi connectivity index (χ1) is 11.2. The summed E-state index contributed by atoms with van der Waals surface area (Å²) in [4.78, 5) is 10.7. The Morgan fingerprint density at radius 3 is 2.91 bits per heavy atom. The van der Waals surface area contributed by atoms with Crippen molar-refractivity contribution in [1.29, 1.82) is 0 Å². The maximum Gasteiger partial charge on any atom is 0.223 e. The Bertz CT molecular complexity index is 677. The molecule has 0 radical (unpaired) electrons. The zero-order valence-corrected chi connectivity index (χ0v) is 13.1. The highest BCUT2D eigenvalue weighted by atomic mass is 19.1. The molecule has 1 aromatic heterocycles. The molecule has 2 heterocycles. The summed E-state index contributed by atoms with van der Waals surface area (Å²) in [7, 11) is 1.96. The molecule has 23 heavy (non-hydrogen) atoms. The third-order valence-electron chi connectivity index (χ3n) is 4.07. The van der Waals surface area contributed by atoms with E-state index in [2.05, 4.69) is 25.5 Å². The molecule has 0 bridgehead atoms. The fraction of sp³-hybridized carbons (Fsp3) is 0.375. The Morgan fingerprint density at radius 2 is 2.17 bits per heavy atom. The fourth-order valence-corrected chi connectivity index (χ4v) is 2.74. The van der Waals surface area contributed by atoms with Gasteiger partial charge in [0, 0.05) is 37.3 Å². The molecule has 0 aliphatic carbocycles. The molecular weight excluding hydrogens is 295 g/mol. The SMILES string of the molecule is CN[C@@H]1CCN(c2cc(NCc3ccccc3F)nc(N)n2)C1. The van der Waals surface area contributed by atoms with Crippen LogP contribution in [0.3, 0.4) is 0 Å². The highest BCUT2D eigenvalue weighted by Crippen LogP contribution is 2.22. The lowest BCUT2D eigenvalue weighted by Crippen LogP contribution is -2.30. The molecule has 0 saturated carbocycles. The Labute approximate surface area is 134 Å². The lowest BCUT2D eigenvalue weighted by Gasteiger charge is -2.18. The Balaban J connectivity index is 1.72. The van der Waals surface area contributed by atoms with Gasteiger partial charge in [0.1, 0.15) is 17.5 Å². The third-order valence-corrected chi connectivity index (χ3v) is 4.07. The largest absolute Gasteiger partial charge is 0.368 e. The standard InChI is InChI=1S/C16H21FN6/c1-19-12-6-7-23(10-12)15-8-14(21-16(18)22-15)20-9-11-4-2-3-5-13(11)17/h2-5,8,12,19H,6-7,9-10H2,1H3,(H3,18,20,21,22)/t12-/m1/s1. The maximum atomic E-state index is 13.7. The number of anilines is 3. The van der Waals surface area contributed by atoms with Gasteiger partial charge in [0.2, 0.25) is 5.95 Å². The summed E-state index contributed by atoms with van der Waals surface area (Å²) in [6.07, 6.45) is 1.07. The van der Waals surface area contributed by atoms with Gasteiger partial charge in [0.05, 0.1) is 0 Å². The molecule has 7 heteroatoms. The zero-order chi connectivity index (χ0) is 16.2. The normalized spacial score (nSPS) is 17.5. The number of nitrogen functional groups attached to an aromatic ring is 1. The molecule has 1 aromatic carbocycles. The number of hydrogen-bond donors (Lipinski definition) is 3. The number of likely N-dealkylation sites (N-methyl/N-ethyl adjacent to an activating group) is 1. The van der Waals surface area contributed by atoms with Gasteiger partial charge in [0.15, 0.2) is 0 Å². The van der Waals surface area contributed by atoms with E-state index in [1.165, 1.54) is 6.07 Å². The summed E-state index contributed by atoms with van der Waals surface area (Å²) < 4.78 is 13.7. The lowest BCUT2D eigenvalue weighted by atomic mass is 10.2. The minimum absolute atomic E-state index is 0.214. The maximum absolute atomic E-state index is 13.7. The van der Waals surface area contributed by atoms with Gasteiger partial charge in [-0.25, -0.2) is 4.39 Å². The van der Waals surface area contributed by atoms with Gasteiger partial charge in [-0.2, -0.15) is 9.97 Å². The molecule has 1 atom stereocenters. The lowest BCUT2D eigenvalue weighted by molar-refractivity contribution is 0.613. The number of benzene rings is 1. The van der Waals surface area contributed by atoms with Gasteiger partial charge in [0.25, 0.3) is 0 Å². The van der Waals surface area contributed by atoms with Crippen LogP contribution in [0.1, 0.15) is 12.0 Å². The zero-order valence-electron chi connectivity index (χ0n) is 13.1. The van der Waals surface area contributed by atoms with E-state index in [-0.39, 0.29) is 11.8 Å². The van der Waals surface area contributed by atoms with Crippen LogP contribution in [-0.4, -0.2) is 36.1 Å². The van der Waals surface area contributed by atoms with Crippen molar-refractivity contribution in [2.45, 2.75) is 19.0 Å². The van der Waals surface area contributed by atoms with Gasteiger partial charge in [-0.3, -0.25) is 0 Å². The van der Waals surface area contributed by atoms with Gasteiger partial charge in [-0.1, -0.05) is 18.2 Å². The molecule has 0 unspecified atom stereocenters. The van der Waals surface area contributed by atoms with Crippen molar-refractivity contribution in [2.75, 3.05) is 36.1 Å². The molecule has 1 aliphatic heterocycles. The van der Waals surface area contributed by atoms with Crippen molar-refractivity contribution < 1.29 is 4.39 Å². The number of nitrogens with one attached hydrogen (secondary N) is 2. The van der Waals surface area contributed by atoms with Crippen LogP contribution in [0, 0.1) is 5.82 Å². The van der Waals surface area contributed by atoms with E-state index >= 15 is 0 Å². The van der Waals surface area contributed by atoms with E-state index in [1.54, 1.807) is 12.1 Å². The summed E-state index contributed by atoms with van der Waals surface area (Å²) in [6.45, 7) is 2.16. The van der Waals surface area contributed by atoms with E-state index < -0.39 is 0 Å². The fourth-order valence-electron chi connectivity index (χ4n) is 2.74. The van der Waals surface area contributed by atoms with E-state index in [0.29, 0.717) is 24.0 Å². The molecule has 4 N–H and O–H groups in total. The van der Waals surface area contributed by atoms with Crippen LogP contribution in [0.2, 0.25) is 0 Å². The van der Waals surface area contributed by atoms with Crippen molar-refractivity contribution in [3.05, 3.63) is 41.7 Å². The number of aromatic nitrogens is 2. The molecule has 0 amide bonds. The molecule has 1 saturated heterocycles. The average molecular weight is 316 g/mol. The summed E-state index contributed by atoms with van der Waals surface area (Å²) in [5.74, 6) is 1.38. The van der Waals surface area contributed by atoms with Crippen LogP contribution >= 0.6 is 0 Å². The molecule has 1 aliphatic rings. The van der Waals surface area contributed by atoms with Crippen molar-refractivity contribution >= 4 is 17.6 Å². The third kappa shape index (κ3) is 3.68. The monoisotopic (exact) mass is 316 g/mol. The van der Waals surface area contributed by atoms with E-state index in [1.807, 2.05) is 19.2 Å². The van der Waals surface area contributed by atoms with E-state index in [9.17, 15) is 4.39 Å². The van der Waals surface area contributed by atoms with Crippen molar-refractivity contribution in [1.82, 2.24) is 15.3 Å². The number of nitrogens with zero attached hydrogens (tertiary/aromatic N) is 3. The Kier molecular flexibility index (Phi) is 4.57. The van der Waals surface area contributed by atoms with Crippen LogP contribution in [0.25, 0.3) is 0 Å². The van der Waals surface area contributed by atoms with Gasteiger partial charge >= 0.3 is 0 Å². The van der Waals surface area contributed by atoms with Crippen LogP contribution in [0.5, 0.6) is 0 Å². The smallest absolute Gasteiger partial charge is 0.223 e. The molecule has 1 fully saturated rings. The van der Waals surface area contributed by atoms with Crippen LogP contribution in [0.15, 0.2) is 30.3 Å². The van der Waals surface area contributed by atoms with Gasteiger partial charge in [-0.05, 0) is 19.5 Å². The highest BCUT2D eigenvalue weighted by molar-refractivity contribution is 5.53. The van der Waals surface area contributed by atoms with Crippen molar-refractivity contribution in [3.63, 3.8) is 0 Å². The molecule has 0 spiro atoms. The van der Waals surface area contributed by atoms with Crippen molar-refractivity contribution in [2.24, 2.45) is 0 Å². The predicted molar refractivity (Wildman–Crippen MR) is 89.8 cm³/mol. The molecule has 3 rings (SSSR count). The summed E-state index contributed by atoms with van der Waals surface area (Å²) in [5, 5.41) is 6.39. The second kappa shape index (κ2) is 6.78. The molecule has 2 aromatic rings. The molecule has 6 nitrogen and oxygen atoms in total. The van der Waals surface area contributed by atoms with E-state index in [4.69, 9.17) is 5.73 Å². The quantitative estimate of drug-likeness (QED) is 0.778. The highest BCUT2D eigenvalue weighted by Gasteiger charge is 2.22. The molecule has 122 valence electrons. The van der Waals surface area contributed by atoms with Crippen LogP contribution in [0.4, 0.5) is 22.0 Å². The van der Waals surface area contributed by atoms with Crippen LogP contribution < -0.4 is 21.3 Å². The first kappa shape index (κ1) is 15.5. The number of hydrogen-bond acceptors (Lipinski definition) is 6. The summed E-state index contributed by atoms with van der Waals surface area (Å²) in [5.41, 5.74) is 6.40. The molecular formula is C16H21FN6. The van der Waals surface area contributed by atoms with Crippen molar-refractivity contribution in [3.8, 4) is 0 Å². The van der Waals surface area contributed by atoms with Gasteiger partial charge < -0.3 is 21.3 Å². The number of nitrogens with two attached hydrogens (primary N) is 1. The second-order valence-electron chi connectivity index (χ2n) is 5.63. The first-order valence-electron chi connectivity index (χ1n) is 7.70. The minimum atomic E-state index is -0.237. The number of halogens is 1. The minimum Gasteiger partial charge on any atom is -0.368 e. The second-order valence-corrected chi connectivity index (χ2v) is 5.63. The summed E-state index contributed by atoms with van der Waals surface area (Å²) in [6, 6.07) is 8.98. The number of rotatable bonds is 5. The van der Waals surface area contributed by atoms with Crippen LogP contribution in [-0.2, 0) is 6.54 Å². The Hall–Kier alpha value is -2.41. The first-order valence-corrected chi connectivity index (χ1v) is 7.70. The van der Waals surface area contributed by atoms with E-state index in [0.717, 1.165) is 25.3 Å².